The number of nitrogens with one attached hydrogen (secondary N) is 2. The molecule has 0 fully saturated rings. The topological polar surface area (TPSA) is 59.6 Å². The summed E-state index contributed by atoms with van der Waals surface area (Å²) in [7, 11) is 3.08. The van der Waals surface area contributed by atoms with Crippen molar-refractivity contribution in [1.82, 2.24) is 5.32 Å². The van der Waals surface area contributed by atoms with Gasteiger partial charge in [0.1, 0.15) is 6.61 Å². The van der Waals surface area contributed by atoms with Gasteiger partial charge in [-0.1, -0.05) is 48.5 Å². The second kappa shape index (κ2) is 7.76. The molecule has 0 radical (unpaired) electrons. The van der Waals surface area contributed by atoms with Gasteiger partial charge in [-0.05, 0) is 24.1 Å². The lowest BCUT2D eigenvalue weighted by molar-refractivity contribution is -0.151. The van der Waals surface area contributed by atoms with Crippen molar-refractivity contribution in [2.45, 2.75) is 12.5 Å². The molecular weight excluding hydrogens is 292 g/mol. The van der Waals surface area contributed by atoms with Gasteiger partial charge in [0.15, 0.2) is 5.60 Å². The highest BCUT2D eigenvalue weighted by molar-refractivity contribution is 5.86. The first-order chi connectivity index (χ1) is 11.1. The van der Waals surface area contributed by atoms with Gasteiger partial charge in [-0.25, -0.2) is 0 Å². The molecule has 2 aromatic carbocycles. The molecule has 122 valence electrons. The molecule has 2 aromatic rings. The van der Waals surface area contributed by atoms with Gasteiger partial charge in [-0.2, -0.15) is 0 Å². The second-order valence-corrected chi connectivity index (χ2v) is 5.18. The number of amides is 1. The van der Waals surface area contributed by atoms with Gasteiger partial charge in [0.05, 0.1) is 5.69 Å². The molecule has 1 amide bonds. The zero-order valence-corrected chi connectivity index (χ0v) is 13.6. The summed E-state index contributed by atoms with van der Waals surface area (Å²) in [6.45, 7) is 2.01. The molecule has 0 saturated carbocycles. The van der Waals surface area contributed by atoms with E-state index in [1.165, 1.54) is 7.11 Å². The van der Waals surface area contributed by atoms with Crippen molar-refractivity contribution >= 4 is 11.6 Å². The van der Waals surface area contributed by atoms with Crippen molar-refractivity contribution < 1.29 is 14.4 Å². The van der Waals surface area contributed by atoms with E-state index in [4.69, 9.17) is 9.57 Å². The Morgan fingerprint density at radius 3 is 2.35 bits per heavy atom. The molecule has 0 aliphatic heterocycles. The zero-order valence-electron chi connectivity index (χ0n) is 13.6. The third kappa shape index (κ3) is 3.70. The summed E-state index contributed by atoms with van der Waals surface area (Å²) in [6.07, 6.45) is 0. The molecule has 0 heterocycles. The number of hydrogen-bond donors (Lipinski definition) is 2. The van der Waals surface area contributed by atoms with Crippen molar-refractivity contribution in [1.29, 1.82) is 0 Å². The van der Waals surface area contributed by atoms with E-state index in [1.54, 1.807) is 7.05 Å². The highest BCUT2D eigenvalue weighted by Gasteiger charge is 2.40. The van der Waals surface area contributed by atoms with Crippen LogP contribution in [-0.4, -0.2) is 26.7 Å². The molecule has 5 nitrogen and oxygen atoms in total. The van der Waals surface area contributed by atoms with Gasteiger partial charge in [0.2, 0.25) is 0 Å². The van der Waals surface area contributed by atoms with Crippen LogP contribution in [0.25, 0.3) is 0 Å². The third-order valence-corrected chi connectivity index (χ3v) is 3.79. The highest BCUT2D eigenvalue weighted by Crippen LogP contribution is 2.26. The molecule has 0 saturated heterocycles. The SMILES string of the molecule is CNC(=O)C(CONc1ccccc1C)(OC)c1ccccc1. The van der Waals surface area contributed by atoms with Crippen LogP contribution in [0, 0.1) is 6.92 Å². The van der Waals surface area contributed by atoms with E-state index in [0.29, 0.717) is 0 Å². The molecule has 0 aliphatic rings. The minimum atomic E-state index is -1.22. The van der Waals surface area contributed by atoms with E-state index in [-0.39, 0.29) is 12.5 Å². The number of anilines is 1. The molecular formula is C18H22N2O3. The minimum absolute atomic E-state index is 0.0293. The number of aryl methyl sites for hydroxylation is 1. The lowest BCUT2D eigenvalue weighted by Crippen LogP contribution is -2.48. The van der Waals surface area contributed by atoms with E-state index in [1.807, 2.05) is 61.5 Å². The number of para-hydroxylation sites is 1. The smallest absolute Gasteiger partial charge is 0.259 e. The van der Waals surface area contributed by atoms with Crippen LogP contribution in [0.3, 0.4) is 0 Å². The molecule has 1 unspecified atom stereocenters. The Morgan fingerprint density at radius 2 is 1.74 bits per heavy atom. The number of benzene rings is 2. The van der Waals surface area contributed by atoms with Crippen molar-refractivity contribution in [2.75, 3.05) is 26.2 Å². The number of hydrogen-bond acceptors (Lipinski definition) is 4. The van der Waals surface area contributed by atoms with Gasteiger partial charge in [-0.15, -0.1) is 0 Å². The maximum atomic E-state index is 12.4. The van der Waals surface area contributed by atoms with Crippen molar-refractivity contribution in [3.8, 4) is 0 Å². The second-order valence-electron chi connectivity index (χ2n) is 5.18. The average Bonchev–Trinajstić information content (AvgIpc) is 2.60. The average molecular weight is 314 g/mol. The van der Waals surface area contributed by atoms with Crippen LogP contribution in [0.2, 0.25) is 0 Å². The summed E-state index contributed by atoms with van der Waals surface area (Å²) >= 11 is 0. The predicted octanol–water partition coefficient (Wildman–Crippen LogP) is 2.63. The first-order valence-corrected chi connectivity index (χ1v) is 7.40. The van der Waals surface area contributed by atoms with Crippen LogP contribution in [0.1, 0.15) is 11.1 Å². The molecule has 0 spiro atoms. The maximum absolute atomic E-state index is 12.4. The zero-order chi connectivity index (χ0) is 16.7. The van der Waals surface area contributed by atoms with Gasteiger partial charge < -0.3 is 10.1 Å². The van der Waals surface area contributed by atoms with Gasteiger partial charge >= 0.3 is 0 Å². The maximum Gasteiger partial charge on any atom is 0.259 e. The molecule has 0 aliphatic carbocycles. The predicted molar refractivity (Wildman–Crippen MR) is 89.9 cm³/mol. The Balaban J connectivity index is 2.19. The fraction of sp³-hybridized carbons (Fsp3) is 0.278. The molecule has 0 aromatic heterocycles. The van der Waals surface area contributed by atoms with Crippen LogP contribution in [-0.2, 0) is 20.0 Å². The van der Waals surface area contributed by atoms with Gasteiger partial charge in [0, 0.05) is 14.2 Å². The summed E-state index contributed by atoms with van der Waals surface area (Å²) in [5.74, 6) is -0.266. The van der Waals surface area contributed by atoms with E-state index in [2.05, 4.69) is 10.8 Å². The molecule has 1 atom stereocenters. The largest absolute Gasteiger partial charge is 0.361 e. The normalized spacial score (nSPS) is 13.2. The number of carbonyl (C=O) groups excluding carboxylic acids is 1. The lowest BCUT2D eigenvalue weighted by atomic mass is 9.93. The summed E-state index contributed by atoms with van der Waals surface area (Å²) in [5, 5.41) is 2.64. The first-order valence-electron chi connectivity index (χ1n) is 7.40. The Hall–Kier alpha value is -2.37. The van der Waals surface area contributed by atoms with E-state index >= 15 is 0 Å². The van der Waals surface area contributed by atoms with Crippen LogP contribution in [0.5, 0.6) is 0 Å². The van der Waals surface area contributed by atoms with Crippen LogP contribution in [0.4, 0.5) is 5.69 Å². The summed E-state index contributed by atoms with van der Waals surface area (Å²) < 4.78 is 5.57. The van der Waals surface area contributed by atoms with Gasteiger partial charge in [0.25, 0.3) is 5.91 Å². The summed E-state index contributed by atoms with van der Waals surface area (Å²) in [5.41, 5.74) is 4.31. The quantitative estimate of drug-likeness (QED) is 0.771. The number of methoxy groups -OCH3 is 1. The lowest BCUT2D eigenvalue weighted by Gasteiger charge is -2.30. The summed E-state index contributed by atoms with van der Waals surface area (Å²) in [4.78, 5) is 18.0. The molecule has 2 rings (SSSR count). The first kappa shape index (κ1) is 17.0. The van der Waals surface area contributed by atoms with Crippen LogP contribution >= 0.6 is 0 Å². The fourth-order valence-corrected chi connectivity index (χ4v) is 2.36. The van der Waals surface area contributed by atoms with Crippen LogP contribution in [0.15, 0.2) is 54.6 Å². The van der Waals surface area contributed by atoms with Crippen molar-refractivity contribution in [3.05, 3.63) is 65.7 Å². The Kier molecular flexibility index (Phi) is 5.73. The fourth-order valence-electron chi connectivity index (χ4n) is 2.36. The number of ether oxygens (including phenoxy) is 1. The van der Waals surface area contributed by atoms with E-state index in [9.17, 15) is 4.79 Å². The number of rotatable bonds is 7. The number of likely N-dealkylation sites (N-methyl/N-ethyl adjacent to an activating group) is 1. The van der Waals surface area contributed by atoms with Gasteiger partial charge in [-0.3, -0.25) is 15.1 Å². The molecule has 23 heavy (non-hydrogen) atoms. The van der Waals surface area contributed by atoms with E-state index < -0.39 is 5.60 Å². The molecule has 2 N–H and O–H groups in total. The molecule has 5 heteroatoms. The minimum Gasteiger partial charge on any atom is -0.361 e. The van der Waals surface area contributed by atoms with Crippen molar-refractivity contribution in [2.24, 2.45) is 0 Å². The van der Waals surface area contributed by atoms with Crippen LogP contribution < -0.4 is 10.8 Å². The highest BCUT2D eigenvalue weighted by atomic mass is 16.7. The monoisotopic (exact) mass is 314 g/mol. The third-order valence-electron chi connectivity index (χ3n) is 3.79. The Bertz CT molecular complexity index is 646. The van der Waals surface area contributed by atoms with Crippen molar-refractivity contribution in [3.63, 3.8) is 0 Å². The molecule has 0 bridgehead atoms. The number of carbonyl (C=O) groups is 1. The Labute approximate surface area is 136 Å². The summed E-state index contributed by atoms with van der Waals surface area (Å²) in [6, 6.07) is 17.1. The Morgan fingerprint density at radius 1 is 1.09 bits per heavy atom. The van der Waals surface area contributed by atoms with E-state index in [0.717, 1.165) is 16.8 Å². The standard InChI is InChI=1S/C18H22N2O3/c1-14-9-7-8-12-16(14)20-23-13-18(22-3,17(21)19-2)15-10-5-4-6-11-15/h4-12,20H,13H2,1-3H3,(H,19,21).